The Hall–Kier alpha value is -3.43. The number of aryl methyl sites for hydroxylation is 1. The topological polar surface area (TPSA) is 99.9 Å². The van der Waals surface area contributed by atoms with Crippen LogP contribution < -0.4 is 5.32 Å². The Kier molecular flexibility index (Phi) is 6.58. The molecule has 2 amide bonds. The molecule has 1 saturated heterocycles. The third-order valence-electron chi connectivity index (χ3n) is 6.03. The summed E-state index contributed by atoms with van der Waals surface area (Å²) in [6.07, 6.45) is 1.49. The lowest BCUT2D eigenvalue weighted by molar-refractivity contribution is -0.154. The van der Waals surface area contributed by atoms with Gasteiger partial charge in [-0.3, -0.25) is 9.59 Å². The molecule has 1 aliphatic heterocycles. The number of carbonyl (C=O) groups is 2. The van der Waals surface area contributed by atoms with Crippen LogP contribution in [0.3, 0.4) is 0 Å². The molecule has 1 N–H and O–H groups in total. The van der Waals surface area contributed by atoms with Gasteiger partial charge in [-0.2, -0.15) is 4.31 Å². The zero-order valence-corrected chi connectivity index (χ0v) is 19.9. The van der Waals surface area contributed by atoms with Crippen LogP contribution in [0.2, 0.25) is 0 Å². The van der Waals surface area contributed by atoms with Crippen LogP contribution in [0.5, 0.6) is 0 Å². The van der Waals surface area contributed by atoms with E-state index < -0.39 is 27.4 Å². The number of rotatable bonds is 7. The van der Waals surface area contributed by atoms with Crippen molar-refractivity contribution >= 4 is 21.8 Å². The van der Waals surface area contributed by atoms with E-state index in [-0.39, 0.29) is 31.1 Å². The minimum atomic E-state index is -3.97. The number of furan rings is 1. The number of sulfonamides is 1. The number of carbonyl (C=O) groups excluding carboxylic acids is 2. The Labute approximate surface area is 199 Å². The third-order valence-corrected chi connectivity index (χ3v) is 7.84. The Bertz CT molecular complexity index is 1260. The molecule has 9 heteroatoms. The predicted molar refractivity (Wildman–Crippen MR) is 126 cm³/mol. The fourth-order valence-corrected chi connectivity index (χ4v) is 5.50. The number of nitrogens with one attached hydrogen (secondary N) is 1. The van der Waals surface area contributed by atoms with Crippen molar-refractivity contribution in [3.8, 4) is 0 Å². The molecule has 0 bridgehead atoms. The SMILES string of the molecule is Cc1ccc(CNC(=O)C2(C)CN(S(=O)(=O)c3ccccc3)CC(=O)N2Cc2ccco2)cc1. The van der Waals surface area contributed by atoms with Gasteiger partial charge in [-0.05, 0) is 43.7 Å². The average molecular weight is 482 g/mol. The summed E-state index contributed by atoms with van der Waals surface area (Å²) in [6.45, 7) is 3.33. The van der Waals surface area contributed by atoms with E-state index in [1.165, 1.54) is 23.3 Å². The lowest BCUT2D eigenvalue weighted by atomic mass is 9.95. The first-order chi connectivity index (χ1) is 16.2. The molecular formula is C25H27N3O5S. The molecule has 1 atom stereocenters. The van der Waals surface area contributed by atoms with Crippen LogP contribution in [0.4, 0.5) is 0 Å². The maximum absolute atomic E-state index is 13.5. The standard InChI is InChI=1S/C25H27N3O5S/c1-19-10-12-20(13-11-19)15-26-24(30)25(2)18-27(34(31,32)22-8-4-3-5-9-22)17-23(29)28(25)16-21-7-6-14-33-21/h3-14H,15-18H2,1-2H3,(H,26,30). The zero-order chi connectivity index (χ0) is 24.3. The van der Waals surface area contributed by atoms with Gasteiger partial charge in [-0.15, -0.1) is 0 Å². The number of nitrogens with zero attached hydrogens (tertiary/aromatic N) is 2. The fourth-order valence-electron chi connectivity index (χ4n) is 4.00. The van der Waals surface area contributed by atoms with Crippen molar-refractivity contribution in [2.75, 3.05) is 13.1 Å². The molecule has 1 unspecified atom stereocenters. The summed E-state index contributed by atoms with van der Waals surface area (Å²) >= 11 is 0. The molecule has 1 aromatic heterocycles. The number of hydrogen-bond acceptors (Lipinski definition) is 5. The van der Waals surface area contributed by atoms with Crippen LogP contribution >= 0.6 is 0 Å². The summed E-state index contributed by atoms with van der Waals surface area (Å²) < 4.78 is 33.0. The molecular weight excluding hydrogens is 454 g/mol. The van der Waals surface area contributed by atoms with Crippen molar-refractivity contribution in [2.24, 2.45) is 0 Å². The van der Waals surface area contributed by atoms with Gasteiger partial charge in [0.15, 0.2) is 0 Å². The van der Waals surface area contributed by atoms with Crippen molar-refractivity contribution in [3.05, 3.63) is 89.9 Å². The molecule has 0 aliphatic carbocycles. The summed E-state index contributed by atoms with van der Waals surface area (Å²) in [5.41, 5.74) is 0.552. The van der Waals surface area contributed by atoms with Gasteiger partial charge in [0.1, 0.15) is 11.3 Å². The Morgan fingerprint density at radius 3 is 2.41 bits per heavy atom. The van der Waals surface area contributed by atoms with Gasteiger partial charge in [-0.25, -0.2) is 8.42 Å². The van der Waals surface area contributed by atoms with Crippen LogP contribution in [-0.4, -0.2) is 48.1 Å². The third kappa shape index (κ3) is 4.76. The van der Waals surface area contributed by atoms with Gasteiger partial charge in [0, 0.05) is 13.1 Å². The van der Waals surface area contributed by atoms with Crippen LogP contribution in [0.1, 0.15) is 23.8 Å². The second kappa shape index (κ2) is 9.44. The van der Waals surface area contributed by atoms with E-state index in [9.17, 15) is 18.0 Å². The molecule has 1 aliphatic rings. The van der Waals surface area contributed by atoms with Crippen LogP contribution in [0.25, 0.3) is 0 Å². The summed E-state index contributed by atoms with van der Waals surface area (Å²) in [5.74, 6) is -0.415. The Balaban J connectivity index is 1.63. The van der Waals surface area contributed by atoms with E-state index in [0.29, 0.717) is 5.76 Å². The number of benzene rings is 2. The monoisotopic (exact) mass is 481 g/mol. The molecule has 8 nitrogen and oxygen atoms in total. The first kappa shape index (κ1) is 23.7. The highest BCUT2D eigenvalue weighted by molar-refractivity contribution is 7.89. The maximum Gasteiger partial charge on any atom is 0.247 e. The molecule has 3 aromatic rings. The Morgan fingerprint density at radius 2 is 1.76 bits per heavy atom. The number of piperazine rings is 1. The van der Waals surface area contributed by atoms with Gasteiger partial charge in [0.2, 0.25) is 21.8 Å². The predicted octanol–water partition coefficient (Wildman–Crippen LogP) is 2.70. The second-order valence-electron chi connectivity index (χ2n) is 8.59. The van der Waals surface area contributed by atoms with Gasteiger partial charge < -0.3 is 14.6 Å². The molecule has 0 spiro atoms. The average Bonchev–Trinajstić information content (AvgIpc) is 3.34. The van der Waals surface area contributed by atoms with Crippen LogP contribution in [0.15, 0.2) is 82.3 Å². The number of hydrogen-bond donors (Lipinski definition) is 1. The molecule has 2 aromatic carbocycles. The van der Waals surface area contributed by atoms with Crippen molar-refractivity contribution in [1.82, 2.24) is 14.5 Å². The highest BCUT2D eigenvalue weighted by atomic mass is 32.2. The van der Waals surface area contributed by atoms with Gasteiger partial charge in [0.05, 0.1) is 24.2 Å². The van der Waals surface area contributed by atoms with Crippen molar-refractivity contribution in [2.45, 2.75) is 37.4 Å². The van der Waals surface area contributed by atoms with E-state index in [2.05, 4.69) is 5.32 Å². The lowest BCUT2D eigenvalue weighted by Gasteiger charge is -2.46. The van der Waals surface area contributed by atoms with E-state index in [4.69, 9.17) is 4.42 Å². The minimum absolute atomic E-state index is 0.0551. The van der Waals surface area contributed by atoms with Crippen LogP contribution in [0, 0.1) is 6.92 Å². The Morgan fingerprint density at radius 1 is 1.06 bits per heavy atom. The highest BCUT2D eigenvalue weighted by Gasteiger charge is 2.50. The first-order valence-corrected chi connectivity index (χ1v) is 12.4. The maximum atomic E-state index is 13.5. The van der Waals surface area contributed by atoms with Gasteiger partial charge in [-0.1, -0.05) is 48.0 Å². The molecule has 0 saturated carbocycles. The van der Waals surface area contributed by atoms with Crippen molar-refractivity contribution in [3.63, 3.8) is 0 Å². The molecule has 34 heavy (non-hydrogen) atoms. The van der Waals surface area contributed by atoms with Crippen molar-refractivity contribution in [1.29, 1.82) is 0 Å². The first-order valence-electron chi connectivity index (χ1n) is 10.9. The molecule has 178 valence electrons. The highest BCUT2D eigenvalue weighted by Crippen LogP contribution is 2.29. The van der Waals surface area contributed by atoms with Crippen molar-refractivity contribution < 1.29 is 22.4 Å². The van der Waals surface area contributed by atoms with Gasteiger partial charge >= 0.3 is 0 Å². The second-order valence-corrected chi connectivity index (χ2v) is 10.5. The minimum Gasteiger partial charge on any atom is -0.467 e. The molecule has 0 radical (unpaired) electrons. The van der Waals surface area contributed by atoms with Crippen LogP contribution in [-0.2, 0) is 32.7 Å². The molecule has 1 fully saturated rings. The fraction of sp³-hybridized carbons (Fsp3) is 0.280. The summed E-state index contributed by atoms with van der Waals surface area (Å²) in [5, 5.41) is 2.89. The normalized spacial score (nSPS) is 19.2. The summed E-state index contributed by atoms with van der Waals surface area (Å²) in [6, 6.07) is 19.0. The van der Waals surface area contributed by atoms with E-state index in [0.717, 1.165) is 15.4 Å². The number of amides is 2. The van der Waals surface area contributed by atoms with E-state index in [1.807, 2.05) is 31.2 Å². The largest absolute Gasteiger partial charge is 0.467 e. The molecule has 2 heterocycles. The summed E-state index contributed by atoms with van der Waals surface area (Å²) in [7, 11) is -3.97. The smallest absolute Gasteiger partial charge is 0.247 e. The van der Waals surface area contributed by atoms with E-state index >= 15 is 0 Å². The zero-order valence-electron chi connectivity index (χ0n) is 19.1. The van der Waals surface area contributed by atoms with E-state index in [1.54, 1.807) is 37.3 Å². The summed E-state index contributed by atoms with van der Waals surface area (Å²) in [4.78, 5) is 28.2. The molecule has 4 rings (SSSR count). The lowest BCUT2D eigenvalue weighted by Crippen LogP contribution is -2.69. The van der Waals surface area contributed by atoms with Gasteiger partial charge in [0.25, 0.3) is 0 Å². The quantitative estimate of drug-likeness (QED) is 0.559.